The summed E-state index contributed by atoms with van der Waals surface area (Å²) in [5.74, 6) is 0.144. The molecule has 25 heavy (non-hydrogen) atoms. The van der Waals surface area contributed by atoms with Gasteiger partial charge >= 0.3 is 0 Å². The molecule has 7 heteroatoms. The Labute approximate surface area is 148 Å². The highest BCUT2D eigenvalue weighted by atomic mass is 32.2. The molecule has 2 heterocycles. The summed E-state index contributed by atoms with van der Waals surface area (Å²) in [6.45, 7) is 4.81. The van der Waals surface area contributed by atoms with Crippen LogP contribution in [0.15, 0.2) is 29.2 Å². The molecule has 0 saturated carbocycles. The van der Waals surface area contributed by atoms with E-state index in [4.69, 9.17) is 0 Å². The van der Waals surface area contributed by atoms with Gasteiger partial charge in [-0.25, -0.2) is 8.42 Å². The van der Waals surface area contributed by atoms with Crippen LogP contribution in [0.3, 0.4) is 0 Å². The van der Waals surface area contributed by atoms with E-state index in [1.807, 2.05) is 11.8 Å². The number of carbonyl (C=O) groups is 2. The van der Waals surface area contributed by atoms with Crippen LogP contribution in [0.4, 0.5) is 0 Å². The minimum Gasteiger partial charge on any atom is -0.342 e. The van der Waals surface area contributed by atoms with E-state index in [1.54, 1.807) is 17.0 Å². The van der Waals surface area contributed by atoms with Crippen molar-refractivity contribution in [1.82, 2.24) is 9.80 Å². The minimum absolute atomic E-state index is 0.0179. The smallest absolute Gasteiger partial charge is 0.253 e. The van der Waals surface area contributed by atoms with Crippen LogP contribution in [-0.2, 0) is 14.6 Å². The zero-order chi connectivity index (χ0) is 18.2. The molecule has 1 aromatic rings. The lowest BCUT2D eigenvalue weighted by atomic mass is 9.77. The Bertz CT molecular complexity index is 778. The molecule has 2 amide bonds. The molecule has 0 bridgehead atoms. The largest absolute Gasteiger partial charge is 0.342 e. The molecular formula is C18H24N2O4S. The number of piperidine rings is 1. The van der Waals surface area contributed by atoms with E-state index >= 15 is 0 Å². The number of amides is 2. The highest BCUT2D eigenvalue weighted by Gasteiger charge is 2.44. The number of sulfone groups is 1. The summed E-state index contributed by atoms with van der Waals surface area (Å²) in [6, 6.07) is 6.09. The van der Waals surface area contributed by atoms with Crippen molar-refractivity contribution in [2.24, 2.45) is 5.41 Å². The SMILES string of the molecule is CCN1CC2(CCN(C(=O)c3ccc(S(C)(=O)=O)cc3)CC2)CC1=O. The molecule has 1 aromatic carbocycles. The maximum Gasteiger partial charge on any atom is 0.253 e. The zero-order valence-electron chi connectivity index (χ0n) is 14.7. The van der Waals surface area contributed by atoms with E-state index < -0.39 is 9.84 Å². The molecule has 2 fully saturated rings. The second kappa shape index (κ2) is 6.44. The summed E-state index contributed by atoms with van der Waals surface area (Å²) in [5, 5.41) is 0. The van der Waals surface area contributed by atoms with Crippen LogP contribution in [0.25, 0.3) is 0 Å². The second-order valence-electron chi connectivity index (χ2n) is 7.17. The Morgan fingerprint density at radius 2 is 1.76 bits per heavy atom. The van der Waals surface area contributed by atoms with Crippen molar-refractivity contribution in [3.05, 3.63) is 29.8 Å². The van der Waals surface area contributed by atoms with Crippen LogP contribution >= 0.6 is 0 Å². The quantitative estimate of drug-likeness (QED) is 0.816. The third-order valence-electron chi connectivity index (χ3n) is 5.43. The third kappa shape index (κ3) is 3.56. The van der Waals surface area contributed by atoms with Gasteiger partial charge in [-0.15, -0.1) is 0 Å². The molecule has 0 atom stereocenters. The first-order valence-corrected chi connectivity index (χ1v) is 10.5. The molecule has 0 aliphatic carbocycles. The number of benzene rings is 1. The number of hydrogen-bond donors (Lipinski definition) is 0. The Kier molecular flexibility index (Phi) is 4.62. The molecule has 6 nitrogen and oxygen atoms in total. The van der Waals surface area contributed by atoms with Gasteiger partial charge in [0.15, 0.2) is 9.84 Å². The summed E-state index contributed by atoms with van der Waals surface area (Å²) in [5.41, 5.74) is 0.519. The van der Waals surface area contributed by atoms with Gasteiger partial charge in [-0.3, -0.25) is 9.59 Å². The molecule has 136 valence electrons. The summed E-state index contributed by atoms with van der Waals surface area (Å²) in [6.07, 6.45) is 3.41. The fraction of sp³-hybridized carbons (Fsp3) is 0.556. The Hall–Kier alpha value is -1.89. The molecule has 2 aliphatic rings. The van der Waals surface area contributed by atoms with Crippen molar-refractivity contribution < 1.29 is 18.0 Å². The van der Waals surface area contributed by atoms with E-state index in [-0.39, 0.29) is 22.1 Å². The van der Waals surface area contributed by atoms with Gasteiger partial charge < -0.3 is 9.80 Å². The van der Waals surface area contributed by atoms with Gasteiger partial charge in [-0.2, -0.15) is 0 Å². The molecule has 0 N–H and O–H groups in total. The molecule has 0 unspecified atom stereocenters. The topological polar surface area (TPSA) is 74.8 Å². The van der Waals surface area contributed by atoms with Gasteiger partial charge in [0.1, 0.15) is 0 Å². The van der Waals surface area contributed by atoms with Gasteiger partial charge in [-0.05, 0) is 44.0 Å². The molecule has 2 aliphatic heterocycles. The molecule has 0 aromatic heterocycles. The van der Waals surface area contributed by atoms with Gasteiger partial charge in [0, 0.05) is 49.8 Å². The number of carbonyl (C=O) groups excluding carboxylic acids is 2. The van der Waals surface area contributed by atoms with Crippen molar-refractivity contribution in [2.45, 2.75) is 31.1 Å². The summed E-state index contributed by atoms with van der Waals surface area (Å²) >= 11 is 0. The highest BCUT2D eigenvalue weighted by molar-refractivity contribution is 7.90. The lowest BCUT2D eigenvalue weighted by molar-refractivity contribution is -0.127. The Balaban J connectivity index is 1.65. The van der Waals surface area contributed by atoms with Crippen LogP contribution in [0.2, 0.25) is 0 Å². The third-order valence-corrected chi connectivity index (χ3v) is 6.56. The van der Waals surface area contributed by atoms with E-state index in [1.165, 1.54) is 12.1 Å². The monoisotopic (exact) mass is 364 g/mol. The maximum atomic E-state index is 12.6. The molecule has 2 saturated heterocycles. The fourth-order valence-corrected chi connectivity index (χ4v) is 4.45. The van der Waals surface area contributed by atoms with E-state index in [0.717, 1.165) is 32.2 Å². The van der Waals surface area contributed by atoms with Crippen molar-refractivity contribution in [2.75, 3.05) is 32.4 Å². The zero-order valence-corrected chi connectivity index (χ0v) is 15.5. The van der Waals surface area contributed by atoms with Crippen LogP contribution < -0.4 is 0 Å². The Morgan fingerprint density at radius 1 is 1.16 bits per heavy atom. The van der Waals surface area contributed by atoms with E-state index in [9.17, 15) is 18.0 Å². The number of nitrogens with zero attached hydrogens (tertiary/aromatic N) is 2. The first-order valence-electron chi connectivity index (χ1n) is 8.61. The number of hydrogen-bond acceptors (Lipinski definition) is 4. The van der Waals surface area contributed by atoms with Crippen LogP contribution in [-0.4, -0.2) is 62.5 Å². The molecule has 1 spiro atoms. The van der Waals surface area contributed by atoms with Gasteiger partial charge in [0.25, 0.3) is 5.91 Å². The van der Waals surface area contributed by atoms with Crippen molar-refractivity contribution in [3.63, 3.8) is 0 Å². The summed E-state index contributed by atoms with van der Waals surface area (Å²) < 4.78 is 23.0. The standard InChI is InChI=1S/C18H24N2O4S/c1-3-19-13-18(12-16(19)21)8-10-20(11-9-18)17(22)14-4-6-15(7-5-14)25(2,23)24/h4-7H,3,8-13H2,1-2H3. The molecule has 3 rings (SSSR count). The van der Waals surface area contributed by atoms with Gasteiger partial charge in [0.05, 0.1) is 4.90 Å². The van der Waals surface area contributed by atoms with Crippen LogP contribution in [0.1, 0.15) is 36.5 Å². The van der Waals surface area contributed by atoms with Crippen molar-refractivity contribution >= 4 is 21.7 Å². The number of likely N-dealkylation sites (tertiary alicyclic amines) is 2. The minimum atomic E-state index is -3.26. The predicted octanol–water partition coefficient (Wildman–Crippen LogP) is 1.56. The highest BCUT2D eigenvalue weighted by Crippen LogP contribution is 2.41. The van der Waals surface area contributed by atoms with E-state index in [0.29, 0.717) is 25.1 Å². The summed E-state index contributed by atoms with van der Waals surface area (Å²) in [4.78, 5) is 28.6. The first-order chi connectivity index (χ1) is 11.7. The first kappa shape index (κ1) is 17.9. The van der Waals surface area contributed by atoms with Crippen LogP contribution in [0, 0.1) is 5.41 Å². The lowest BCUT2D eigenvalue weighted by Gasteiger charge is -2.38. The summed E-state index contributed by atoms with van der Waals surface area (Å²) in [7, 11) is -3.26. The lowest BCUT2D eigenvalue weighted by Crippen LogP contribution is -2.44. The van der Waals surface area contributed by atoms with Gasteiger partial charge in [0.2, 0.25) is 5.91 Å². The van der Waals surface area contributed by atoms with Crippen molar-refractivity contribution in [3.8, 4) is 0 Å². The average Bonchev–Trinajstić information content (AvgIpc) is 2.89. The Morgan fingerprint density at radius 3 is 2.24 bits per heavy atom. The molecule has 0 radical (unpaired) electrons. The number of rotatable bonds is 3. The molecular weight excluding hydrogens is 340 g/mol. The van der Waals surface area contributed by atoms with E-state index in [2.05, 4.69) is 0 Å². The fourth-order valence-electron chi connectivity index (χ4n) is 3.82. The maximum absolute atomic E-state index is 12.6. The normalized spacial score (nSPS) is 20.3. The van der Waals surface area contributed by atoms with Gasteiger partial charge in [-0.1, -0.05) is 0 Å². The second-order valence-corrected chi connectivity index (χ2v) is 9.19. The average molecular weight is 364 g/mol. The van der Waals surface area contributed by atoms with Crippen LogP contribution in [0.5, 0.6) is 0 Å². The van der Waals surface area contributed by atoms with Crippen molar-refractivity contribution in [1.29, 1.82) is 0 Å². The predicted molar refractivity (Wildman–Crippen MR) is 94.0 cm³/mol.